The highest BCUT2D eigenvalue weighted by atomic mass is 16.3. The first-order valence-electron chi connectivity index (χ1n) is 15.7. The molecule has 0 atom stereocenters. The van der Waals surface area contributed by atoms with Gasteiger partial charge >= 0.3 is 0 Å². The van der Waals surface area contributed by atoms with E-state index in [4.69, 9.17) is 0 Å². The Morgan fingerprint density at radius 3 is 1.08 bits per heavy atom. The molecule has 0 unspecified atom stereocenters. The molecule has 0 amide bonds. The maximum absolute atomic E-state index is 12.2. The molecule has 2 aromatic rings. The average Bonchev–Trinajstić information content (AvgIpc) is 2.98. The summed E-state index contributed by atoms with van der Waals surface area (Å²) < 4.78 is 0. The zero-order valence-corrected chi connectivity index (χ0v) is 24.8. The highest BCUT2D eigenvalue weighted by Gasteiger charge is 2.52. The van der Waals surface area contributed by atoms with Gasteiger partial charge in [0.25, 0.3) is 0 Å². The summed E-state index contributed by atoms with van der Waals surface area (Å²) >= 11 is 0. The van der Waals surface area contributed by atoms with Crippen LogP contribution in [-0.2, 0) is 18.4 Å². The van der Waals surface area contributed by atoms with Gasteiger partial charge in [0.1, 0.15) is 5.60 Å². The molecule has 4 N–H and O–H groups in total. The van der Waals surface area contributed by atoms with Gasteiger partial charge in [-0.1, -0.05) is 139 Å². The Morgan fingerprint density at radius 1 is 0.462 bits per heavy atom. The summed E-state index contributed by atoms with van der Waals surface area (Å²) in [5.41, 5.74) is 0.309. The van der Waals surface area contributed by atoms with Crippen molar-refractivity contribution in [2.24, 2.45) is 5.41 Å². The van der Waals surface area contributed by atoms with Crippen molar-refractivity contribution in [3.63, 3.8) is 0 Å². The lowest BCUT2D eigenvalue weighted by Crippen LogP contribution is -2.54. The molecule has 2 rings (SSSR count). The number of rotatable bonds is 22. The second-order valence-corrected chi connectivity index (χ2v) is 11.6. The van der Waals surface area contributed by atoms with E-state index in [1.807, 2.05) is 48.5 Å². The van der Waals surface area contributed by atoms with Crippen LogP contribution in [0.15, 0.2) is 48.5 Å². The minimum Gasteiger partial charge on any atom is -0.395 e. The summed E-state index contributed by atoms with van der Waals surface area (Å²) in [5, 5.41) is 43.1. The standard InChI is InChI=1S/C35H56O4/c1-3-5-7-9-11-13-15-17-30-19-23-32(24-20-30)35(39,34(27-36,28-37)29-38)33-25-21-31(22-26-33)18-16-14-12-10-8-6-4-2/h19-26,36-39H,3-18,27-29H2,1-2H3. The van der Waals surface area contributed by atoms with E-state index in [-0.39, 0.29) is 0 Å². The first-order valence-corrected chi connectivity index (χ1v) is 15.7. The Hall–Kier alpha value is -1.72. The van der Waals surface area contributed by atoms with Crippen molar-refractivity contribution in [2.45, 2.75) is 122 Å². The summed E-state index contributed by atoms with van der Waals surface area (Å²) in [4.78, 5) is 0. The lowest BCUT2D eigenvalue weighted by atomic mass is 9.65. The van der Waals surface area contributed by atoms with Crippen molar-refractivity contribution < 1.29 is 20.4 Å². The summed E-state index contributed by atoms with van der Waals surface area (Å²) in [5.74, 6) is 0. The SMILES string of the molecule is CCCCCCCCCc1ccc(C(O)(c2ccc(CCCCCCCCC)cc2)C(CO)(CO)CO)cc1. The predicted molar refractivity (Wildman–Crippen MR) is 163 cm³/mol. The molecule has 0 aromatic heterocycles. The second-order valence-electron chi connectivity index (χ2n) is 11.6. The van der Waals surface area contributed by atoms with Crippen molar-refractivity contribution >= 4 is 0 Å². The molecular formula is C35H56O4. The van der Waals surface area contributed by atoms with Gasteiger partial charge in [0.15, 0.2) is 0 Å². The monoisotopic (exact) mass is 540 g/mol. The van der Waals surface area contributed by atoms with Gasteiger partial charge in [-0.25, -0.2) is 0 Å². The predicted octanol–water partition coefficient (Wildman–Crippen LogP) is 7.47. The van der Waals surface area contributed by atoms with E-state index in [9.17, 15) is 20.4 Å². The van der Waals surface area contributed by atoms with E-state index in [0.29, 0.717) is 11.1 Å². The Bertz CT molecular complexity index is 801. The minimum atomic E-state index is -1.74. The maximum Gasteiger partial charge on any atom is 0.127 e. The number of hydrogen-bond donors (Lipinski definition) is 4. The third-order valence-corrected chi connectivity index (χ3v) is 8.56. The summed E-state index contributed by atoms with van der Waals surface area (Å²) in [6.45, 7) is 2.84. The van der Waals surface area contributed by atoms with Crippen LogP contribution in [0.3, 0.4) is 0 Å². The van der Waals surface area contributed by atoms with Crippen LogP contribution in [0.2, 0.25) is 0 Å². The van der Waals surface area contributed by atoms with E-state index in [1.165, 1.54) is 88.2 Å². The molecule has 0 saturated carbocycles. The number of benzene rings is 2. The van der Waals surface area contributed by atoms with Crippen LogP contribution >= 0.6 is 0 Å². The number of unbranched alkanes of at least 4 members (excludes halogenated alkanes) is 12. The van der Waals surface area contributed by atoms with Crippen LogP contribution in [0.4, 0.5) is 0 Å². The molecule has 0 spiro atoms. The van der Waals surface area contributed by atoms with E-state index in [2.05, 4.69) is 13.8 Å². The third-order valence-electron chi connectivity index (χ3n) is 8.56. The number of aliphatic hydroxyl groups is 4. The van der Waals surface area contributed by atoms with Crippen LogP contribution in [0.5, 0.6) is 0 Å². The van der Waals surface area contributed by atoms with Gasteiger partial charge < -0.3 is 20.4 Å². The van der Waals surface area contributed by atoms with Crippen molar-refractivity contribution in [2.75, 3.05) is 19.8 Å². The molecule has 0 fully saturated rings. The van der Waals surface area contributed by atoms with Crippen LogP contribution in [0.1, 0.15) is 126 Å². The molecule has 39 heavy (non-hydrogen) atoms. The van der Waals surface area contributed by atoms with E-state index >= 15 is 0 Å². The highest BCUT2D eigenvalue weighted by molar-refractivity contribution is 5.41. The minimum absolute atomic E-state index is 0.546. The average molecular weight is 541 g/mol. The van der Waals surface area contributed by atoms with Crippen molar-refractivity contribution in [3.8, 4) is 0 Å². The van der Waals surface area contributed by atoms with Gasteiger partial charge in [-0.3, -0.25) is 0 Å². The zero-order chi connectivity index (χ0) is 28.4. The second kappa shape index (κ2) is 18.6. The Kier molecular flexibility index (Phi) is 16.0. The van der Waals surface area contributed by atoms with Gasteiger partial charge in [0.05, 0.1) is 25.2 Å². The molecule has 4 heteroatoms. The van der Waals surface area contributed by atoms with Crippen molar-refractivity contribution in [1.82, 2.24) is 0 Å². The number of aryl methyl sites for hydroxylation is 2. The topological polar surface area (TPSA) is 80.9 Å². The van der Waals surface area contributed by atoms with E-state index in [0.717, 1.165) is 25.7 Å². The zero-order valence-electron chi connectivity index (χ0n) is 24.8. The number of aliphatic hydroxyl groups excluding tert-OH is 3. The number of hydrogen-bond acceptors (Lipinski definition) is 4. The van der Waals surface area contributed by atoms with Crippen LogP contribution < -0.4 is 0 Å². The molecule has 0 aliphatic heterocycles. The van der Waals surface area contributed by atoms with Crippen LogP contribution in [-0.4, -0.2) is 40.2 Å². The van der Waals surface area contributed by atoms with Crippen LogP contribution in [0.25, 0.3) is 0 Å². The maximum atomic E-state index is 12.2. The Labute approximate surface area is 238 Å². The van der Waals surface area contributed by atoms with Gasteiger partial charge in [-0.15, -0.1) is 0 Å². The molecule has 0 aliphatic carbocycles. The lowest BCUT2D eigenvalue weighted by molar-refractivity contribution is -0.136. The molecule has 0 heterocycles. The summed E-state index contributed by atoms with van der Waals surface area (Å²) in [6, 6.07) is 15.7. The molecule has 0 radical (unpaired) electrons. The quantitative estimate of drug-likeness (QED) is 0.117. The van der Waals surface area contributed by atoms with E-state index < -0.39 is 30.8 Å². The molecule has 2 aromatic carbocycles. The first kappa shape index (κ1) is 33.5. The molecule has 220 valence electrons. The van der Waals surface area contributed by atoms with Gasteiger partial charge in [0, 0.05) is 0 Å². The first-order chi connectivity index (χ1) is 19.0. The molecule has 0 bridgehead atoms. The van der Waals surface area contributed by atoms with E-state index in [1.54, 1.807) is 0 Å². The van der Waals surface area contributed by atoms with Crippen LogP contribution in [0, 0.1) is 5.41 Å². The largest absolute Gasteiger partial charge is 0.395 e. The molecule has 0 aliphatic rings. The van der Waals surface area contributed by atoms with Crippen molar-refractivity contribution in [1.29, 1.82) is 0 Å². The fourth-order valence-corrected chi connectivity index (χ4v) is 5.67. The van der Waals surface area contributed by atoms with Gasteiger partial charge in [-0.2, -0.15) is 0 Å². The molecule has 4 nitrogen and oxygen atoms in total. The Morgan fingerprint density at radius 2 is 0.769 bits per heavy atom. The lowest BCUT2D eigenvalue weighted by Gasteiger charge is -2.45. The third kappa shape index (κ3) is 9.70. The fraction of sp³-hybridized carbons (Fsp3) is 0.657. The molecular weight excluding hydrogens is 484 g/mol. The Balaban J connectivity index is 2.11. The summed E-state index contributed by atoms with van der Waals surface area (Å²) in [6.07, 6.45) is 19.7. The smallest absolute Gasteiger partial charge is 0.127 e. The fourth-order valence-electron chi connectivity index (χ4n) is 5.67. The normalized spacial score (nSPS) is 12.3. The highest BCUT2D eigenvalue weighted by Crippen LogP contribution is 2.45. The van der Waals surface area contributed by atoms with Crippen molar-refractivity contribution in [3.05, 3.63) is 70.8 Å². The van der Waals surface area contributed by atoms with Gasteiger partial charge in [-0.05, 0) is 47.9 Å². The summed E-state index contributed by atoms with van der Waals surface area (Å²) in [7, 11) is 0. The van der Waals surface area contributed by atoms with Gasteiger partial charge in [0.2, 0.25) is 0 Å². The molecule has 0 saturated heterocycles.